The zero-order valence-corrected chi connectivity index (χ0v) is 12.5. The summed E-state index contributed by atoms with van der Waals surface area (Å²) in [6, 6.07) is 8.34. The summed E-state index contributed by atoms with van der Waals surface area (Å²) in [5.41, 5.74) is 1.39. The van der Waals surface area contributed by atoms with Gasteiger partial charge in [-0.25, -0.2) is 0 Å². The van der Waals surface area contributed by atoms with Crippen LogP contribution in [0.15, 0.2) is 24.3 Å². The topological polar surface area (TPSA) is 26.3 Å². The Hall–Kier alpha value is -0.520. The molecule has 17 heavy (non-hydrogen) atoms. The van der Waals surface area contributed by atoms with Gasteiger partial charge in [-0.15, -0.1) is 0 Å². The zero-order chi connectivity index (χ0) is 12.1. The van der Waals surface area contributed by atoms with Crippen molar-refractivity contribution in [1.29, 1.82) is 0 Å². The molecule has 0 spiro atoms. The van der Waals surface area contributed by atoms with Gasteiger partial charge in [-0.3, -0.25) is 0 Å². The van der Waals surface area contributed by atoms with Gasteiger partial charge in [0.15, 0.2) is 0 Å². The van der Waals surface area contributed by atoms with Crippen molar-refractivity contribution in [2.45, 2.75) is 34.1 Å². The van der Waals surface area contributed by atoms with E-state index in [0.29, 0.717) is 5.78 Å². The maximum atomic E-state index is 11.4. The third-order valence-corrected chi connectivity index (χ3v) is 7.00. The number of ether oxygens (including phenoxy) is 1. The van der Waals surface area contributed by atoms with Crippen molar-refractivity contribution >= 4 is 26.7 Å². The quantitative estimate of drug-likeness (QED) is 0.784. The second-order valence-electron chi connectivity index (χ2n) is 4.42. The van der Waals surface area contributed by atoms with Crippen LogP contribution in [0, 0.1) is 0 Å². The molecule has 1 aliphatic rings. The van der Waals surface area contributed by atoms with E-state index in [1.165, 1.54) is 16.5 Å². The average molecular weight is 346 g/mol. The van der Waals surface area contributed by atoms with Crippen LogP contribution in [0.25, 0.3) is 0 Å². The van der Waals surface area contributed by atoms with Crippen LogP contribution < -0.4 is 4.74 Å². The molecule has 0 saturated heterocycles. The van der Waals surface area contributed by atoms with Gasteiger partial charge < -0.3 is 0 Å². The third kappa shape index (κ3) is 4.01. The van der Waals surface area contributed by atoms with Crippen LogP contribution in [-0.4, -0.2) is 33.8 Å². The van der Waals surface area contributed by atoms with Gasteiger partial charge in [0.1, 0.15) is 0 Å². The molecule has 0 amide bonds. The molecule has 1 unspecified atom stereocenters. The molecule has 1 atom stereocenters. The number of ketones is 1. The van der Waals surface area contributed by atoms with Crippen molar-refractivity contribution in [3.05, 3.63) is 29.8 Å². The second kappa shape index (κ2) is 6.42. The van der Waals surface area contributed by atoms with Gasteiger partial charge in [0.2, 0.25) is 0 Å². The molecule has 3 heteroatoms. The average Bonchev–Trinajstić information content (AvgIpc) is 2.37. The normalized spacial score (nSPS) is 20.3. The summed E-state index contributed by atoms with van der Waals surface area (Å²) in [6.45, 7) is 0. The number of Topliss-reactive ketones (excluding diaryl/α,β-unsaturated/α-hetero) is 1. The molecule has 0 N–H and O–H groups in total. The van der Waals surface area contributed by atoms with Crippen molar-refractivity contribution in [3.8, 4) is 5.75 Å². The number of carbonyl (C=O) groups excluding carboxylic acids is 1. The first-order valence-electron chi connectivity index (χ1n) is 6.04. The minimum absolute atomic E-state index is 0.0627. The van der Waals surface area contributed by atoms with Crippen molar-refractivity contribution in [2.24, 2.45) is 0 Å². The predicted molar refractivity (Wildman–Crippen MR) is 69.7 cm³/mol. The molecule has 2 nitrogen and oxygen atoms in total. The van der Waals surface area contributed by atoms with Crippen LogP contribution in [0.2, 0.25) is 3.97 Å². The van der Waals surface area contributed by atoms with E-state index in [-0.39, 0.29) is 20.9 Å². The van der Waals surface area contributed by atoms with Crippen molar-refractivity contribution in [1.82, 2.24) is 0 Å². The van der Waals surface area contributed by atoms with Gasteiger partial charge in [0.25, 0.3) is 0 Å². The first kappa shape index (κ1) is 12.9. The van der Waals surface area contributed by atoms with Gasteiger partial charge in [-0.1, -0.05) is 0 Å². The summed E-state index contributed by atoms with van der Waals surface area (Å²) in [4.78, 5) is 11.4. The van der Waals surface area contributed by atoms with E-state index in [1.54, 1.807) is 7.11 Å². The molecule has 92 valence electrons. The molecule has 0 radical (unpaired) electrons. The van der Waals surface area contributed by atoms with Crippen molar-refractivity contribution < 1.29 is 9.53 Å². The molecular weight excluding hydrogens is 328 g/mol. The molecular formula is C14H18O2Te. The Kier molecular flexibility index (Phi) is 4.88. The molecule has 1 aliphatic carbocycles. The van der Waals surface area contributed by atoms with Crippen molar-refractivity contribution in [2.75, 3.05) is 7.11 Å². The fourth-order valence-corrected chi connectivity index (χ4v) is 5.65. The van der Waals surface area contributed by atoms with E-state index >= 15 is 0 Å². The second-order valence-corrected chi connectivity index (χ2v) is 8.09. The Labute approximate surface area is 113 Å². The van der Waals surface area contributed by atoms with Crippen LogP contribution in [-0.2, 0) is 9.26 Å². The van der Waals surface area contributed by atoms with Crippen LogP contribution in [0.1, 0.15) is 31.2 Å². The van der Waals surface area contributed by atoms with E-state index in [1.807, 2.05) is 12.1 Å². The van der Waals surface area contributed by atoms with Gasteiger partial charge in [0.05, 0.1) is 0 Å². The van der Waals surface area contributed by atoms with E-state index in [4.69, 9.17) is 4.74 Å². The molecule has 2 rings (SSSR count). The number of carbonyl (C=O) groups is 1. The number of hydrogen-bond donors (Lipinski definition) is 0. The summed E-state index contributed by atoms with van der Waals surface area (Å²) >= 11 is -0.0627. The van der Waals surface area contributed by atoms with Gasteiger partial charge in [0, 0.05) is 0 Å². The number of hydrogen-bond acceptors (Lipinski definition) is 2. The SMILES string of the molecule is COc1ccc(C[Te]C2CCCC(=O)C2)cc1. The van der Waals surface area contributed by atoms with Crippen LogP contribution in [0.3, 0.4) is 0 Å². The van der Waals surface area contributed by atoms with Gasteiger partial charge >= 0.3 is 113 Å². The zero-order valence-electron chi connectivity index (χ0n) is 10.1. The Morgan fingerprint density at radius 2 is 2.12 bits per heavy atom. The first-order chi connectivity index (χ1) is 8.28. The van der Waals surface area contributed by atoms with E-state index in [9.17, 15) is 4.79 Å². The molecule has 0 bridgehead atoms. The molecule has 1 fully saturated rings. The fraction of sp³-hybridized carbons (Fsp3) is 0.500. The monoisotopic (exact) mass is 348 g/mol. The molecule has 1 aromatic carbocycles. The first-order valence-corrected chi connectivity index (χ1v) is 9.03. The Bertz CT molecular complexity index is 372. The number of rotatable bonds is 4. The third-order valence-electron chi connectivity index (χ3n) is 3.08. The predicted octanol–water partition coefficient (Wildman–Crippen LogP) is 2.83. The Balaban J connectivity index is 1.82. The Morgan fingerprint density at radius 3 is 2.76 bits per heavy atom. The van der Waals surface area contributed by atoms with Crippen LogP contribution in [0.5, 0.6) is 5.75 Å². The van der Waals surface area contributed by atoms with E-state index < -0.39 is 0 Å². The summed E-state index contributed by atoms with van der Waals surface area (Å²) in [6.07, 6.45) is 4.09. The summed E-state index contributed by atoms with van der Waals surface area (Å²) in [7, 11) is 1.69. The van der Waals surface area contributed by atoms with E-state index in [2.05, 4.69) is 12.1 Å². The summed E-state index contributed by atoms with van der Waals surface area (Å²) in [5.74, 6) is 1.41. The molecule has 1 saturated carbocycles. The Morgan fingerprint density at radius 1 is 1.35 bits per heavy atom. The molecule has 1 aromatic rings. The van der Waals surface area contributed by atoms with E-state index in [0.717, 1.165) is 29.0 Å². The van der Waals surface area contributed by atoms with Crippen molar-refractivity contribution in [3.63, 3.8) is 0 Å². The number of methoxy groups -OCH3 is 1. The van der Waals surface area contributed by atoms with Crippen LogP contribution >= 0.6 is 0 Å². The maximum absolute atomic E-state index is 11.4. The summed E-state index contributed by atoms with van der Waals surface area (Å²) < 4.78 is 7.08. The molecule has 0 aliphatic heterocycles. The summed E-state index contributed by atoms with van der Waals surface area (Å²) in [5, 5.41) is 0. The van der Waals surface area contributed by atoms with Crippen LogP contribution in [0.4, 0.5) is 0 Å². The molecule has 0 heterocycles. The van der Waals surface area contributed by atoms with Gasteiger partial charge in [-0.05, 0) is 0 Å². The minimum atomic E-state index is -0.0627. The number of benzene rings is 1. The van der Waals surface area contributed by atoms with Gasteiger partial charge in [-0.2, -0.15) is 0 Å². The molecule has 0 aromatic heterocycles. The fourth-order valence-electron chi connectivity index (χ4n) is 2.06. The standard InChI is InChI=1S/C14H18O2Te/c1-16-13-7-5-11(6-8-13)10-17-14-4-2-3-12(15)9-14/h5-8,14H,2-4,9-10H2,1H3.